The minimum Gasteiger partial charge on any atom is -0.456 e. The number of thiophene rings is 1. The lowest BCUT2D eigenvalue weighted by Gasteiger charge is -2.05. The third-order valence-corrected chi connectivity index (χ3v) is 4.36. The zero-order valence-corrected chi connectivity index (χ0v) is 13.1. The highest BCUT2D eigenvalue weighted by molar-refractivity contribution is 7.12. The summed E-state index contributed by atoms with van der Waals surface area (Å²) in [5.74, 6) is 0.355. The van der Waals surface area contributed by atoms with E-state index >= 15 is 0 Å². The first-order valence-electron chi connectivity index (χ1n) is 6.88. The van der Waals surface area contributed by atoms with Crippen molar-refractivity contribution in [2.75, 3.05) is 0 Å². The summed E-state index contributed by atoms with van der Waals surface area (Å²) in [6, 6.07) is 11.7. The summed E-state index contributed by atoms with van der Waals surface area (Å²) in [6.45, 7) is 3.82. The average molecular weight is 313 g/mol. The Labute approximate surface area is 132 Å². The van der Waals surface area contributed by atoms with Gasteiger partial charge in [-0.3, -0.25) is 0 Å². The van der Waals surface area contributed by atoms with E-state index in [1.807, 2.05) is 55.6 Å². The second-order valence-corrected chi connectivity index (χ2v) is 5.82. The van der Waals surface area contributed by atoms with Crippen LogP contribution in [-0.4, -0.2) is 11.1 Å². The number of nitrogens with zero attached hydrogens (tertiary/aromatic N) is 1. The smallest absolute Gasteiger partial charge is 0.349 e. The number of hydrogen-bond acceptors (Lipinski definition) is 5. The number of hydrogen-bond donors (Lipinski definition) is 0. The van der Waals surface area contributed by atoms with Gasteiger partial charge in [0, 0.05) is 5.56 Å². The molecule has 2 aromatic heterocycles. The molecule has 0 aliphatic heterocycles. The van der Waals surface area contributed by atoms with E-state index in [1.54, 1.807) is 0 Å². The zero-order chi connectivity index (χ0) is 15.5. The monoisotopic (exact) mass is 313 g/mol. The van der Waals surface area contributed by atoms with Gasteiger partial charge in [0.2, 0.25) is 0 Å². The second-order valence-electron chi connectivity index (χ2n) is 4.91. The molecule has 4 nitrogen and oxygen atoms in total. The van der Waals surface area contributed by atoms with Gasteiger partial charge in [-0.05, 0) is 30.9 Å². The van der Waals surface area contributed by atoms with Crippen molar-refractivity contribution in [3.8, 4) is 11.1 Å². The standard InChI is InChI=1S/C17H15NO3S/c1-11-15(12(2)21-18-11)10-20-17(19)16-14(8-9-22-16)13-6-4-3-5-7-13/h3-9H,10H2,1-2H3. The van der Waals surface area contributed by atoms with Gasteiger partial charge >= 0.3 is 5.97 Å². The maximum atomic E-state index is 12.4. The van der Waals surface area contributed by atoms with Crippen LogP contribution in [0, 0.1) is 13.8 Å². The van der Waals surface area contributed by atoms with E-state index in [0.717, 1.165) is 22.4 Å². The first-order valence-corrected chi connectivity index (χ1v) is 7.76. The number of benzene rings is 1. The molecular weight excluding hydrogens is 298 g/mol. The first kappa shape index (κ1) is 14.5. The third-order valence-electron chi connectivity index (χ3n) is 3.46. The van der Waals surface area contributed by atoms with Gasteiger partial charge in [-0.1, -0.05) is 35.5 Å². The van der Waals surface area contributed by atoms with Crippen LogP contribution < -0.4 is 0 Å². The summed E-state index contributed by atoms with van der Waals surface area (Å²) in [7, 11) is 0. The van der Waals surface area contributed by atoms with E-state index in [-0.39, 0.29) is 12.6 Å². The van der Waals surface area contributed by atoms with E-state index < -0.39 is 0 Å². The number of aromatic nitrogens is 1. The highest BCUT2D eigenvalue weighted by atomic mass is 32.1. The molecule has 3 rings (SSSR count). The Bertz CT molecular complexity index is 770. The number of rotatable bonds is 4. The van der Waals surface area contributed by atoms with Gasteiger partial charge < -0.3 is 9.26 Å². The fourth-order valence-corrected chi connectivity index (χ4v) is 3.03. The van der Waals surface area contributed by atoms with Gasteiger partial charge in [0.15, 0.2) is 0 Å². The molecule has 0 atom stereocenters. The number of carbonyl (C=O) groups excluding carboxylic acids is 1. The average Bonchev–Trinajstić information content (AvgIpc) is 3.14. The van der Waals surface area contributed by atoms with E-state index in [9.17, 15) is 4.79 Å². The predicted octanol–water partition coefficient (Wildman–Crippen LogP) is 4.38. The molecule has 5 heteroatoms. The van der Waals surface area contributed by atoms with Crippen molar-refractivity contribution in [2.24, 2.45) is 0 Å². The Morgan fingerprint density at radius 3 is 2.68 bits per heavy atom. The van der Waals surface area contributed by atoms with Crippen LogP contribution in [0.2, 0.25) is 0 Å². The molecule has 0 saturated heterocycles. The number of aryl methyl sites for hydroxylation is 2. The van der Waals surface area contributed by atoms with Crippen LogP contribution in [-0.2, 0) is 11.3 Å². The fraction of sp³-hybridized carbons (Fsp3) is 0.176. The van der Waals surface area contributed by atoms with Crippen molar-refractivity contribution in [1.29, 1.82) is 0 Å². The molecule has 0 aliphatic rings. The second kappa shape index (κ2) is 6.15. The van der Waals surface area contributed by atoms with Crippen LogP contribution in [0.5, 0.6) is 0 Å². The van der Waals surface area contributed by atoms with Crippen molar-refractivity contribution >= 4 is 17.3 Å². The summed E-state index contributed by atoms with van der Waals surface area (Å²) in [5, 5.41) is 5.76. The lowest BCUT2D eigenvalue weighted by molar-refractivity contribution is 0.0477. The topological polar surface area (TPSA) is 52.3 Å². The van der Waals surface area contributed by atoms with E-state index in [4.69, 9.17) is 9.26 Å². The third kappa shape index (κ3) is 2.80. The van der Waals surface area contributed by atoms with Crippen molar-refractivity contribution < 1.29 is 14.1 Å². The largest absolute Gasteiger partial charge is 0.456 e. The molecule has 2 heterocycles. The maximum Gasteiger partial charge on any atom is 0.349 e. The van der Waals surface area contributed by atoms with Gasteiger partial charge in [0.25, 0.3) is 0 Å². The summed E-state index contributed by atoms with van der Waals surface area (Å²) in [6.07, 6.45) is 0. The van der Waals surface area contributed by atoms with Gasteiger partial charge in [-0.15, -0.1) is 11.3 Å². The fourth-order valence-electron chi connectivity index (χ4n) is 2.22. The van der Waals surface area contributed by atoms with E-state index in [1.165, 1.54) is 11.3 Å². The van der Waals surface area contributed by atoms with Gasteiger partial charge in [-0.2, -0.15) is 0 Å². The minimum absolute atomic E-state index is 0.173. The normalized spacial score (nSPS) is 10.6. The Kier molecular flexibility index (Phi) is 4.06. The zero-order valence-electron chi connectivity index (χ0n) is 12.3. The van der Waals surface area contributed by atoms with Crippen LogP contribution in [0.25, 0.3) is 11.1 Å². The molecule has 0 spiro atoms. The van der Waals surface area contributed by atoms with Gasteiger partial charge in [0.05, 0.1) is 11.3 Å². The molecule has 0 fully saturated rings. The SMILES string of the molecule is Cc1noc(C)c1COC(=O)c1sccc1-c1ccccc1. The molecule has 112 valence electrons. The van der Waals surface area contributed by atoms with E-state index in [2.05, 4.69) is 5.16 Å². The number of esters is 1. The molecule has 0 aliphatic carbocycles. The molecule has 22 heavy (non-hydrogen) atoms. The van der Waals surface area contributed by atoms with Crippen LogP contribution in [0.1, 0.15) is 26.7 Å². The summed E-state index contributed by atoms with van der Waals surface area (Å²) in [5.41, 5.74) is 3.48. The van der Waals surface area contributed by atoms with Crippen LogP contribution in [0.4, 0.5) is 0 Å². The number of carbonyl (C=O) groups is 1. The molecule has 3 aromatic rings. The quantitative estimate of drug-likeness (QED) is 0.671. The van der Waals surface area contributed by atoms with Crippen molar-refractivity contribution in [2.45, 2.75) is 20.5 Å². The molecule has 1 aromatic carbocycles. The van der Waals surface area contributed by atoms with Crippen LogP contribution >= 0.6 is 11.3 Å². The van der Waals surface area contributed by atoms with Crippen molar-refractivity contribution in [3.05, 3.63) is 63.7 Å². The lowest BCUT2D eigenvalue weighted by atomic mass is 10.1. The van der Waals surface area contributed by atoms with Crippen LogP contribution in [0.3, 0.4) is 0 Å². The molecular formula is C17H15NO3S. The van der Waals surface area contributed by atoms with Crippen molar-refractivity contribution in [3.63, 3.8) is 0 Å². The van der Waals surface area contributed by atoms with Gasteiger partial charge in [0.1, 0.15) is 17.2 Å². The number of ether oxygens (including phenoxy) is 1. The summed E-state index contributed by atoms with van der Waals surface area (Å²) >= 11 is 1.38. The van der Waals surface area contributed by atoms with Crippen molar-refractivity contribution in [1.82, 2.24) is 5.16 Å². The molecule has 0 amide bonds. The maximum absolute atomic E-state index is 12.4. The molecule has 0 bridgehead atoms. The predicted molar refractivity (Wildman–Crippen MR) is 84.9 cm³/mol. The minimum atomic E-state index is -0.325. The molecule has 0 radical (unpaired) electrons. The Balaban J connectivity index is 1.78. The first-order chi connectivity index (χ1) is 10.7. The highest BCUT2D eigenvalue weighted by Crippen LogP contribution is 2.29. The summed E-state index contributed by atoms with van der Waals surface area (Å²) < 4.78 is 10.5. The molecule has 0 unspecified atom stereocenters. The lowest BCUT2D eigenvalue weighted by Crippen LogP contribution is -2.05. The Morgan fingerprint density at radius 1 is 1.23 bits per heavy atom. The Hall–Kier alpha value is -2.40. The summed E-state index contributed by atoms with van der Waals surface area (Å²) in [4.78, 5) is 13.0. The van der Waals surface area contributed by atoms with Gasteiger partial charge in [-0.25, -0.2) is 4.79 Å². The highest BCUT2D eigenvalue weighted by Gasteiger charge is 2.18. The van der Waals surface area contributed by atoms with E-state index in [0.29, 0.717) is 10.6 Å². The molecule has 0 N–H and O–H groups in total. The van der Waals surface area contributed by atoms with Crippen LogP contribution in [0.15, 0.2) is 46.3 Å². The Morgan fingerprint density at radius 2 is 2.00 bits per heavy atom. The molecule has 0 saturated carbocycles.